The number of hydrogen-bond donors (Lipinski definition) is 1. The van der Waals surface area contributed by atoms with Crippen LogP contribution in [0.3, 0.4) is 0 Å². The van der Waals surface area contributed by atoms with E-state index >= 15 is 0 Å². The first-order chi connectivity index (χ1) is 10.9. The molecule has 23 heavy (non-hydrogen) atoms. The maximum atomic E-state index is 11.4. The molecule has 0 radical (unpaired) electrons. The molecule has 0 aliphatic heterocycles. The SMILES string of the molecule is CC(c1ccc(S(C)=O)cc1)N(C)Cc1ccccc1C(=O)O. The smallest absolute Gasteiger partial charge is 0.336 e. The molecule has 0 aliphatic carbocycles. The van der Waals surface area contributed by atoms with Gasteiger partial charge in [-0.1, -0.05) is 30.3 Å². The van der Waals surface area contributed by atoms with E-state index in [-0.39, 0.29) is 6.04 Å². The van der Waals surface area contributed by atoms with Gasteiger partial charge in [0.2, 0.25) is 0 Å². The van der Waals surface area contributed by atoms with Gasteiger partial charge >= 0.3 is 5.97 Å². The molecule has 0 saturated carbocycles. The number of carboxylic acid groups (broad SMARTS) is 1. The van der Waals surface area contributed by atoms with Crippen LogP contribution >= 0.6 is 0 Å². The molecule has 4 nitrogen and oxygen atoms in total. The van der Waals surface area contributed by atoms with Gasteiger partial charge in [0.05, 0.1) is 5.56 Å². The van der Waals surface area contributed by atoms with Crippen LogP contribution in [0.25, 0.3) is 0 Å². The van der Waals surface area contributed by atoms with Crippen LogP contribution in [-0.4, -0.2) is 33.5 Å². The van der Waals surface area contributed by atoms with Crippen molar-refractivity contribution in [2.75, 3.05) is 13.3 Å². The second kappa shape index (κ2) is 7.53. The van der Waals surface area contributed by atoms with Gasteiger partial charge < -0.3 is 5.11 Å². The zero-order valence-electron chi connectivity index (χ0n) is 13.5. The lowest BCUT2D eigenvalue weighted by Crippen LogP contribution is -2.23. The predicted octanol–water partition coefficient (Wildman–Crippen LogP) is 3.32. The zero-order valence-corrected chi connectivity index (χ0v) is 14.3. The van der Waals surface area contributed by atoms with Gasteiger partial charge in [-0.3, -0.25) is 9.11 Å². The highest BCUT2D eigenvalue weighted by molar-refractivity contribution is 7.84. The van der Waals surface area contributed by atoms with Crippen LogP contribution in [0, 0.1) is 0 Å². The summed E-state index contributed by atoms with van der Waals surface area (Å²) in [6.07, 6.45) is 1.66. The third-order valence-electron chi connectivity index (χ3n) is 4.02. The molecule has 0 spiro atoms. The Morgan fingerprint density at radius 3 is 2.35 bits per heavy atom. The van der Waals surface area contributed by atoms with E-state index in [1.54, 1.807) is 18.4 Å². The van der Waals surface area contributed by atoms with Gasteiger partial charge in [0.1, 0.15) is 0 Å². The highest BCUT2D eigenvalue weighted by Gasteiger charge is 2.16. The lowest BCUT2D eigenvalue weighted by molar-refractivity contribution is 0.0694. The fourth-order valence-corrected chi connectivity index (χ4v) is 2.98. The average Bonchev–Trinajstić information content (AvgIpc) is 2.54. The molecule has 0 fully saturated rings. The van der Waals surface area contributed by atoms with E-state index in [2.05, 4.69) is 11.8 Å². The average molecular weight is 331 g/mol. The molecule has 0 bridgehead atoms. The maximum absolute atomic E-state index is 11.4. The number of rotatable bonds is 6. The number of aromatic carboxylic acids is 1. The summed E-state index contributed by atoms with van der Waals surface area (Å²) in [5.41, 5.74) is 2.23. The lowest BCUT2D eigenvalue weighted by atomic mass is 10.0. The Balaban J connectivity index is 2.15. The van der Waals surface area contributed by atoms with E-state index in [0.29, 0.717) is 12.1 Å². The molecule has 1 N–H and O–H groups in total. The minimum absolute atomic E-state index is 0.121. The molecular weight excluding hydrogens is 310 g/mol. The van der Waals surface area contributed by atoms with Crippen molar-refractivity contribution in [1.82, 2.24) is 4.90 Å². The molecule has 2 atom stereocenters. The molecule has 0 saturated heterocycles. The van der Waals surface area contributed by atoms with Gasteiger partial charge in [0, 0.05) is 34.5 Å². The van der Waals surface area contributed by atoms with E-state index in [1.807, 2.05) is 43.4 Å². The van der Waals surface area contributed by atoms with Crippen LogP contribution in [0.15, 0.2) is 53.4 Å². The molecule has 2 rings (SSSR count). The van der Waals surface area contributed by atoms with Crippen LogP contribution in [0.1, 0.15) is 34.5 Å². The Morgan fingerprint density at radius 1 is 1.17 bits per heavy atom. The summed E-state index contributed by atoms with van der Waals surface area (Å²) < 4.78 is 11.4. The highest BCUT2D eigenvalue weighted by atomic mass is 32.2. The van der Waals surface area contributed by atoms with Crippen molar-refractivity contribution in [2.45, 2.75) is 24.4 Å². The van der Waals surface area contributed by atoms with E-state index < -0.39 is 16.8 Å². The quantitative estimate of drug-likeness (QED) is 0.882. The largest absolute Gasteiger partial charge is 0.478 e. The molecule has 2 aromatic rings. The van der Waals surface area contributed by atoms with Crippen molar-refractivity contribution in [3.05, 3.63) is 65.2 Å². The van der Waals surface area contributed by atoms with Gasteiger partial charge in [-0.25, -0.2) is 4.79 Å². The minimum Gasteiger partial charge on any atom is -0.478 e. The Morgan fingerprint density at radius 2 is 1.78 bits per heavy atom. The molecule has 0 aromatic heterocycles. The number of hydrogen-bond acceptors (Lipinski definition) is 3. The third-order valence-corrected chi connectivity index (χ3v) is 4.96. The summed E-state index contributed by atoms with van der Waals surface area (Å²) in [7, 11) is 0.988. The van der Waals surface area contributed by atoms with Crippen molar-refractivity contribution in [3.8, 4) is 0 Å². The van der Waals surface area contributed by atoms with Crippen molar-refractivity contribution < 1.29 is 14.1 Å². The lowest BCUT2D eigenvalue weighted by Gasteiger charge is -2.26. The monoisotopic (exact) mass is 331 g/mol. The molecule has 5 heteroatoms. The summed E-state index contributed by atoms with van der Waals surface area (Å²) in [5.74, 6) is -0.906. The topological polar surface area (TPSA) is 57.6 Å². The second-order valence-corrected chi connectivity index (χ2v) is 6.96. The summed E-state index contributed by atoms with van der Waals surface area (Å²) in [4.78, 5) is 14.2. The van der Waals surface area contributed by atoms with Gasteiger partial charge in [-0.15, -0.1) is 0 Å². The first kappa shape index (κ1) is 17.4. The molecule has 2 aromatic carbocycles. The normalized spacial score (nSPS) is 13.7. The van der Waals surface area contributed by atoms with E-state index in [9.17, 15) is 14.1 Å². The third kappa shape index (κ3) is 4.27. The maximum Gasteiger partial charge on any atom is 0.336 e. The zero-order chi connectivity index (χ0) is 17.0. The Bertz CT molecular complexity index is 712. The van der Waals surface area contributed by atoms with Crippen LogP contribution in [-0.2, 0) is 17.3 Å². The summed E-state index contributed by atoms with van der Waals surface area (Å²) in [6.45, 7) is 2.62. The van der Waals surface area contributed by atoms with E-state index in [1.165, 1.54) is 0 Å². The Labute approximate surface area is 139 Å². The first-order valence-corrected chi connectivity index (χ1v) is 8.90. The number of carbonyl (C=O) groups is 1. The van der Waals surface area contributed by atoms with E-state index in [4.69, 9.17) is 0 Å². The fourth-order valence-electron chi connectivity index (χ4n) is 2.46. The van der Waals surface area contributed by atoms with Crippen LogP contribution in [0.5, 0.6) is 0 Å². The number of nitrogens with zero attached hydrogens (tertiary/aromatic N) is 1. The number of carboxylic acids is 1. The number of benzene rings is 2. The van der Waals surface area contributed by atoms with Crippen molar-refractivity contribution in [1.29, 1.82) is 0 Å². The predicted molar refractivity (Wildman–Crippen MR) is 92.1 cm³/mol. The molecule has 2 unspecified atom stereocenters. The summed E-state index contributed by atoms with van der Waals surface area (Å²) in [5, 5.41) is 9.27. The standard InChI is InChI=1S/C18H21NO3S/c1-13(14-8-10-16(11-9-14)23(3)22)19(2)12-15-6-4-5-7-17(15)18(20)21/h4-11,13H,12H2,1-3H3,(H,20,21). The first-order valence-electron chi connectivity index (χ1n) is 7.35. The van der Waals surface area contributed by atoms with Crippen LogP contribution in [0.2, 0.25) is 0 Å². The highest BCUT2D eigenvalue weighted by Crippen LogP contribution is 2.23. The second-order valence-electron chi connectivity index (χ2n) is 5.58. The van der Waals surface area contributed by atoms with Crippen molar-refractivity contribution >= 4 is 16.8 Å². The van der Waals surface area contributed by atoms with Crippen LogP contribution < -0.4 is 0 Å². The Kier molecular flexibility index (Phi) is 5.69. The molecule has 122 valence electrons. The summed E-state index contributed by atoms with van der Waals surface area (Å²) >= 11 is 0. The molecule has 0 aliphatic rings. The van der Waals surface area contributed by atoms with Gasteiger partial charge in [0.25, 0.3) is 0 Å². The van der Waals surface area contributed by atoms with E-state index in [0.717, 1.165) is 16.0 Å². The Hall–Kier alpha value is -1.98. The van der Waals surface area contributed by atoms with Gasteiger partial charge in [-0.2, -0.15) is 0 Å². The van der Waals surface area contributed by atoms with Gasteiger partial charge in [0.15, 0.2) is 0 Å². The van der Waals surface area contributed by atoms with Crippen LogP contribution in [0.4, 0.5) is 0 Å². The minimum atomic E-state index is -0.980. The van der Waals surface area contributed by atoms with Gasteiger partial charge in [-0.05, 0) is 43.3 Å². The van der Waals surface area contributed by atoms with Crippen molar-refractivity contribution in [3.63, 3.8) is 0 Å². The molecule has 0 heterocycles. The fraction of sp³-hybridized carbons (Fsp3) is 0.278. The summed E-state index contributed by atoms with van der Waals surface area (Å²) in [6, 6.07) is 14.9. The van der Waals surface area contributed by atoms with Crippen molar-refractivity contribution in [2.24, 2.45) is 0 Å². The molecular formula is C18H21NO3S. The molecule has 0 amide bonds.